The van der Waals surface area contributed by atoms with Gasteiger partial charge in [0.25, 0.3) is 0 Å². The van der Waals surface area contributed by atoms with E-state index in [0.717, 1.165) is 0 Å². The maximum absolute atomic E-state index is 12.8. The summed E-state index contributed by atoms with van der Waals surface area (Å²) in [6, 6.07) is 1.13. The van der Waals surface area contributed by atoms with Crippen molar-refractivity contribution in [1.29, 1.82) is 0 Å². The van der Waals surface area contributed by atoms with Crippen molar-refractivity contribution >= 4 is 30.7 Å². The van der Waals surface area contributed by atoms with Gasteiger partial charge in [-0.2, -0.15) is 25.3 Å². The van der Waals surface area contributed by atoms with Gasteiger partial charge in [-0.05, 0) is 12.1 Å². The van der Waals surface area contributed by atoms with Crippen LogP contribution in [0.2, 0.25) is 0 Å². The molecule has 0 N–H and O–H groups in total. The van der Waals surface area contributed by atoms with Gasteiger partial charge in [-0.3, -0.25) is 0 Å². The summed E-state index contributed by atoms with van der Waals surface area (Å²) in [4.78, 5) is -5.66. The second-order valence-electron chi connectivity index (χ2n) is 2.90. The van der Waals surface area contributed by atoms with Gasteiger partial charge in [0, 0.05) is 0 Å². The van der Waals surface area contributed by atoms with Gasteiger partial charge in [-0.15, -0.1) is 11.7 Å². The Morgan fingerprint density at radius 3 is 1.22 bits per heavy atom. The van der Waals surface area contributed by atoms with E-state index in [2.05, 4.69) is 0 Å². The van der Waals surface area contributed by atoms with Crippen LogP contribution in [0, 0.1) is 0 Å². The molecule has 0 unspecified atom stereocenters. The van der Waals surface area contributed by atoms with E-state index in [1.807, 2.05) is 0 Å². The molecule has 0 aliphatic heterocycles. The van der Waals surface area contributed by atoms with Crippen LogP contribution in [0.15, 0.2) is 32.9 Å². The van der Waals surface area contributed by atoms with Gasteiger partial charge in [0.05, 0.1) is 0 Å². The van der Waals surface area contributed by atoms with E-state index in [1.54, 1.807) is 0 Å². The largest absolute Gasteiger partial charge is 0.334 e. The quantitative estimate of drug-likeness (QED) is 0.757. The van der Waals surface area contributed by atoms with E-state index < -0.39 is 45.4 Å². The number of benzene rings is 1. The van der Waals surface area contributed by atoms with Gasteiger partial charge in [0.15, 0.2) is 0 Å². The first-order valence-corrected chi connectivity index (χ1v) is 7.97. The van der Waals surface area contributed by atoms with E-state index >= 15 is 0 Å². The second-order valence-corrected chi connectivity index (χ2v) is 6.81. The predicted molar refractivity (Wildman–Crippen MR) is 51.3 cm³/mol. The Balaban J connectivity index is 4.04. The van der Waals surface area contributed by atoms with Gasteiger partial charge < -0.3 is 0 Å². The lowest BCUT2D eigenvalue weighted by Crippen LogP contribution is -2.08. The Hall–Kier alpha value is -1.14. The maximum atomic E-state index is 12.8. The molecule has 0 heterocycles. The summed E-state index contributed by atoms with van der Waals surface area (Å²) in [7, 11) is -17.5. The standard InChI is InChI=1S/C6H3F3O6S3/c7-16(10,11)4-2-1-3-5(17(8,12)13)6(4)18(9,14)15/h1-3H. The van der Waals surface area contributed by atoms with Crippen molar-refractivity contribution in [2.45, 2.75) is 14.7 Å². The topological polar surface area (TPSA) is 102 Å². The van der Waals surface area contributed by atoms with Crippen LogP contribution in [0.5, 0.6) is 0 Å². The van der Waals surface area contributed by atoms with Gasteiger partial charge >= 0.3 is 30.7 Å². The maximum Gasteiger partial charge on any atom is 0.334 e. The summed E-state index contributed by atoms with van der Waals surface area (Å²) in [6.45, 7) is 0. The lowest BCUT2D eigenvalue weighted by molar-refractivity contribution is 0.524. The second kappa shape index (κ2) is 4.20. The summed E-state index contributed by atoms with van der Waals surface area (Å²) in [6.07, 6.45) is 0. The summed E-state index contributed by atoms with van der Waals surface area (Å²) in [5.74, 6) is 0. The molecule has 18 heavy (non-hydrogen) atoms. The Kier molecular flexibility index (Phi) is 3.49. The molecular weight excluding hydrogens is 321 g/mol. The highest BCUT2D eigenvalue weighted by molar-refractivity contribution is 7.91. The van der Waals surface area contributed by atoms with E-state index in [9.17, 15) is 36.9 Å². The Labute approximate surface area is 101 Å². The first-order valence-electron chi connectivity index (χ1n) is 3.82. The van der Waals surface area contributed by atoms with Crippen LogP contribution in [-0.2, 0) is 30.7 Å². The zero-order chi connectivity index (χ0) is 14.4. The summed E-state index contributed by atoms with van der Waals surface area (Å²) >= 11 is 0. The van der Waals surface area contributed by atoms with Crippen molar-refractivity contribution in [2.75, 3.05) is 0 Å². The molecule has 0 fully saturated rings. The molecule has 0 spiro atoms. The van der Waals surface area contributed by atoms with Crippen LogP contribution in [0.4, 0.5) is 11.7 Å². The molecule has 0 radical (unpaired) electrons. The van der Waals surface area contributed by atoms with Gasteiger partial charge in [0.1, 0.15) is 14.7 Å². The van der Waals surface area contributed by atoms with Crippen LogP contribution in [0.3, 0.4) is 0 Å². The average Bonchev–Trinajstić information content (AvgIpc) is 2.12. The van der Waals surface area contributed by atoms with Crippen LogP contribution in [0.1, 0.15) is 0 Å². The van der Waals surface area contributed by atoms with Crippen LogP contribution in [-0.4, -0.2) is 25.3 Å². The molecule has 0 bridgehead atoms. The molecule has 12 heteroatoms. The van der Waals surface area contributed by atoms with E-state index in [-0.39, 0.29) is 12.1 Å². The van der Waals surface area contributed by atoms with Gasteiger partial charge in [-0.1, -0.05) is 6.07 Å². The average molecular weight is 324 g/mol. The number of halogens is 3. The molecule has 102 valence electrons. The van der Waals surface area contributed by atoms with Crippen molar-refractivity contribution in [3.05, 3.63) is 18.2 Å². The summed E-state index contributed by atoms with van der Waals surface area (Å²) in [5, 5.41) is 0. The molecule has 6 nitrogen and oxygen atoms in total. The zero-order valence-electron chi connectivity index (χ0n) is 8.04. The van der Waals surface area contributed by atoms with E-state index in [0.29, 0.717) is 6.07 Å². The highest BCUT2D eigenvalue weighted by Crippen LogP contribution is 2.31. The minimum atomic E-state index is -5.97. The fourth-order valence-electron chi connectivity index (χ4n) is 1.12. The van der Waals surface area contributed by atoms with E-state index in [1.165, 1.54) is 0 Å². The molecule has 0 atom stereocenters. The van der Waals surface area contributed by atoms with Crippen LogP contribution < -0.4 is 0 Å². The number of hydrogen-bond donors (Lipinski definition) is 0. The summed E-state index contributed by atoms with van der Waals surface area (Å²) < 4.78 is 102. The van der Waals surface area contributed by atoms with Crippen molar-refractivity contribution in [3.63, 3.8) is 0 Å². The number of rotatable bonds is 3. The molecule has 0 aliphatic carbocycles. The minimum absolute atomic E-state index is 0.288. The third-order valence-corrected chi connectivity index (χ3v) is 4.63. The molecule has 1 aromatic rings. The Morgan fingerprint density at radius 2 is 1.00 bits per heavy atom. The third-order valence-electron chi connectivity index (χ3n) is 1.71. The van der Waals surface area contributed by atoms with Crippen molar-refractivity contribution < 1.29 is 36.9 Å². The molecular formula is C6H3F3O6S3. The fourth-order valence-corrected chi connectivity index (χ4v) is 4.14. The van der Waals surface area contributed by atoms with Crippen LogP contribution in [0.25, 0.3) is 0 Å². The van der Waals surface area contributed by atoms with Crippen molar-refractivity contribution in [3.8, 4) is 0 Å². The van der Waals surface area contributed by atoms with Gasteiger partial charge in [-0.25, -0.2) is 0 Å². The van der Waals surface area contributed by atoms with Crippen LogP contribution >= 0.6 is 0 Å². The van der Waals surface area contributed by atoms with E-state index in [4.69, 9.17) is 0 Å². The lowest BCUT2D eigenvalue weighted by atomic mass is 10.4. The van der Waals surface area contributed by atoms with Crippen molar-refractivity contribution in [1.82, 2.24) is 0 Å². The molecule has 0 aliphatic rings. The molecule has 0 amide bonds. The smallest absolute Gasteiger partial charge is 0.189 e. The first kappa shape index (κ1) is 14.9. The Morgan fingerprint density at radius 1 is 0.667 bits per heavy atom. The molecule has 0 saturated heterocycles. The Bertz CT molecular complexity index is 743. The third kappa shape index (κ3) is 3.00. The first-order chi connectivity index (χ1) is 7.85. The molecule has 0 aromatic heterocycles. The van der Waals surface area contributed by atoms with Gasteiger partial charge in [0.2, 0.25) is 0 Å². The molecule has 1 aromatic carbocycles. The molecule has 1 rings (SSSR count). The highest BCUT2D eigenvalue weighted by Gasteiger charge is 2.34. The summed E-state index contributed by atoms with van der Waals surface area (Å²) in [5.41, 5.74) is 0. The lowest BCUT2D eigenvalue weighted by Gasteiger charge is -2.05. The zero-order valence-corrected chi connectivity index (χ0v) is 10.5. The number of hydrogen-bond acceptors (Lipinski definition) is 6. The fraction of sp³-hybridized carbons (Fsp3) is 0. The highest BCUT2D eigenvalue weighted by atomic mass is 32.3. The normalized spacial score (nSPS) is 13.5. The predicted octanol–water partition coefficient (Wildman–Crippen LogP) is 0.661. The SMILES string of the molecule is O=S(=O)(F)c1cccc(S(=O)(=O)F)c1S(=O)(=O)F. The van der Waals surface area contributed by atoms with Crippen molar-refractivity contribution in [2.24, 2.45) is 0 Å². The monoisotopic (exact) mass is 324 g/mol. The molecule has 0 saturated carbocycles. The minimum Gasteiger partial charge on any atom is -0.189 e.